The van der Waals surface area contributed by atoms with Crippen LogP contribution in [0.1, 0.15) is 50.5 Å². The maximum Gasteiger partial charge on any atom is 0.223 e. The van der Waals surface area contributed by atoms with Gasteiger partial charge < -0.3 is 15.2 Å². The number of aliphatic hydroxyl groups is 1. The summed E-state index contributed by atoms with van der Waals surface area (Å²) in [5.74, 6) is 0.537. The summed E-state index contributed by atoms with van der Waals surface area (Å²) in [6, 6.07) is 3.44. The Kier molecular flexibility index (Phi) is 4.55. The van der Waals surface area contributed by atoms with Crippen LogP contribution in [-0.2, 0) is 4.79 Å². The molecular weight excluding hydrogens is 278 g/mol. The second-order valence-corrected chi connectivity index (χ2v) is 5.86. The molecule has 2 rings (SSSR count). The van der Waals surface area contributed by atoms with Gasteiger partial charge in [0.2, 0.25) is 5.91 Å². The zero-order chi connectivity index (χ0) is 14.9. The van der Waals surface area contributed by atoms with Crippen molar-refractivity contribution in [2.24, 2.45) is 5.92 Å². The molecule has 1 aromatic carbocycles. The summed E-state index contributed by atoms with van der Waals surface area (Å²) in [4.78, 5) is 11.9. The van der Waals surface area contributed by atoms with Crippen molar-refractivity contribution in [1.29, 1.82) is 0 Å². The van der Waals surface area contributed by atoms with Crippen LogP contribution < -0.4 is 10.1 Å². The van der Waals surface area contributed by atoms with E-state index in [1.54, 1.807) is 13.0 Å². The van der Waals surface area contributed by atoms with Crippen molar-refractivity contribution in [3.8, 4) is 5.75 Å². The molecule has 4 nitrogen and oxygen atoms in total. The highest BCUT2D eigenvalue weighted by Crippen LogP contribution is 2.40. The maximum absolute atomic E-state index is 11.9. The lowest BCUT2D eigenvalue weighted by Crippen LogP contribution is -2.34. The number of carbonyl (C=O) groups excluding carboxylic acids is 1. The fourth-order valence-electron chi connectivity index (χ4n) is 2.21. The molecule has 0 saturated carbocycles. The maximum atomic E-state index is 11.9. The first-order chi connectivity index (χ1) is 9.40. The predicted molar refractivity (Wildman–Crippen MR) is 77.9 cm³/mol. The third kappa shape index (κ3) is 3.07. The Labute approximate surface area is 124 Å². The van der Waals surface area contributed by atoms with Crippen LogP contribution in [0.4, 0.5) is 0 Å². The van der Waals surface area contributed by atoms with Gasteiger partial charge in [0, 0.05) is 17.9 Å². The summed E-state index contributed by atoms with van der Waals surface area (Å²) in [5, 5.41) is 13.2. The number of ether oxygens (including phenoxy) is 1. The molecule has 0 spiro atoms. The van der Waals surface area contributed by atoms with Crippen LogP contribution >= 0.6 is 11.6 Å². The number of aliphatic hydroxyl groups excluding tert-OH is 1. The van der Waals surface area contributed by atoms with E-state index < -0.39 is 6.10 Å². The largest absolute Gasteiger partial charge is 0.492 e. The zero-order valence-corrected chi connectivity index (χ0v) is 12.7. The Balaban J connectivity index is 2.36. The highest BCUT2D eigenvalue weighted by molar-refractivity contribution is 6.32. The topological polar surface area (TPSA) is 58.6 Å². The minimum Gasteiger partial charge on any atom is -0.492 e. The molecule has 0 saturated heterocycles. The van der Waals surface area contributed by atoms with Crippen molar-refractivity contribution in [3.05, 3.63) is 28.3 Å². The highest BCUT2D eigenvalue weighted by Gasteiger charge is 2.26. The molecule has 0 radical (unpaired) electrons. The van der Waals surface area contributed by atoms with E-state index >= 15 is 0 Å². The van der Waals surface area contributed by atoms with Gasteiger partial charge in [0.1, 0.15) is 5.75 Å². The zero-order valence-electron chi connectivity index (χ0n) is 11.9. The van der Waals surface area contributed by atoms with Gasteiger partial charge in [0.05, 0.1) is 23.8 Å². The average molecular weight is 298 g/mol. The third-order valence-electron chi connectivity index (χ3n) is 3.45. The van der Waals surface area contributed by atoms with E-state index in [0.29, 0.717) is 23.8 Å². The van der Waals surface area contributed by atoms with Gasteiger partial charge in [0.15, 0.2) is 0 Å². The summed E-state index contributed by atoms with van der Waals surface area (Å²) in [7, 11) is 0. The number of fused-ring (bicyclic) bond motifs is 1. The molecule has 2 atom stereocenters. The van der Waals surface area contributed by atoms with Crippen molar-refractivity contribution in [2.75, 3.05) is 6.61 Å². The number of rotatable bonds is 3. The summed E-state index contributed by atoms with van der Waals surface area (Å²) in [6.45, 7) is 5.91. The highest BCUT2D eigenvalue weighted by atomic mass is 35.5. The summed E-state index contributed by atoms with van der Waals surface area (Å²) < 4.78 is 5.60. The van der Waals surface area contributed by atoms with Crippen LogP contribution in [0, 0.1) is 5.92 Å². The minimum atomic E-state index is -0.610. The van der Waals surface area contributed by atoms with E-state index in [-0.39, 0.29) is 17.9 Å². The van der Waals surface area contributed by atoms with E-state index in [4.69, 9.17) is 16.3 Å². The Morgan fingerprint density at radius 2 is 2.15 bits per heavy atom. The molecule has 1 amide bonds. The van der Waals surface area contributed by atoms with E-state index in [1.165, 1.54) is 0 Å². The van der Waals surface area contributed by atoms with Crippen LogP contribution in [0.25, 0.3) is 0 Å². The van der Waals surface area contributed by atoms with Gasteiger partial charge in [-0.2, -0.15) is 0 Å². The van der Waals surface area contributed by atoms with Crippen LogP contribution in [-0.4, -0.2) is 17.6 Å². The lowest BCUT2D eigenvalue weighted by molar-refractivity contribution is -0.124. The first-order valence-corrected chi connectivity index (χ1v) is 7.22. The molecule has 0 aromatic heterocycles. The molecule has 5 heteroatoms. The molecule has 0 bridgehead atoms. The molecule has 0 fully saturated rings. The van der Waals surface area contributed by atoms with Crippen LogP contribution in [0.3, 0.4) is 0 Å². The van der Waals surface area contributed by atoms with Crippen LogP contribution in [0.5, 0.6) is 5.75 Å². The molecular formula is C15H20ClNO3. The number of hydrogen-bond donors (Lipinski definition) is 2. The molecule has 1 aromatic rings. The van der Waals surface area contributed by atoms with Crippen molar-refractivity contribution < 1.29 is 14.6 Å². The van der Waals surface area contributed by atoms with Gasteiger partial charge in [-0.15, -0.1) is 0 Å². The molecule has 20 heavy (non-hydrogen) atoms. The van der Waals surface area contributed by atoms with Crippen molar-refractivity contribution in [2.45, 2.75) is 39.3 Å². The van der Waals surface area contributed by atoms with Crippen LogP contribution in [0.2, 0.25) is 5.02 Å². The monoisotopic (exact) mass is 297 g/mol. The average Bonchev–Trinajstić information content (AvgIpc) is 2.39. The lowest BCUT2D eigenvalue weighted by atomic mass is 9.96. The second-order valence-electron chi connectivity index (χ2n) is 5.45. The van der Waals surface area contributed by atoms with Crippen molar-refractivity contribution in [3.63, 3.8) is 0 Å². The summed E-state index contributed by atoms with van der Waals surface area (Å²) in [5.41, 5.74) is 1.57. The Morgan fingerprint density at radius 3 is 2.75 bits per heavy atom. The molecule has 1 aliphatic rings. The lowest BCUT2D eigenvalue weighted by Gasteiger charge is -2.29. The second kappa shape index (κ2) is 6.02. The first-order valence-electron chi connectivity index (χ1n) is 6.84. The van der Waals surface area contributed by atoms with Gasteiger partial charge in [0.25, 0.3) is 0 Å². The van der Waals surface area contributed by atoms with Gasteiger partial charge in [-0.3, -0.25) is 4.79 Å². The van der Waals surface area contributed by atoms with E-state index in [1.807, 2.05) is 19.9 Å². The predicted octanol–water partition coefficient (Wildman–Crippen LogP) is 2.99. The van der Waals surface area contributed by atoms with Crippen molar-refractivity contribution in [1.82, 2.24) is 5.32 Å². The Bertz CT molecular complexity index is 514. The first kappa shape index (κ1) is 15.1. The van der Waals surface area contributed by atoms with E-state index in [0.717, 1.165) is 11.1 Å². The van der Waals surface area contributed by atoms with Crippen LogP contribution in [0.15, 0.2) is 12.1 Å². The number of hydrogen-bond acceptors (Lipinski definition) is 3. The minimum absolute atomic E-state index is 0.00132. The van der Waals surface area contributed by atoms with Gasteiger partial charge in [-0.25, -0.2) is 0 Å². The van der Waals surface area contributed by atoms with Crippen molar-refractivity contribution >= 4 is 17.5 Å². The number of carbonyl (C=O) groups is 1. The Morgan fingerprint density at radius 1 is 1.45 bits per heavy atom. The molecule has 2 unspecified atom stereocenters. The number of halogens is 1. The molecule has 2 N–H and O–H groups in total. The quantitative estimate of drug-likeness (QED) is 0.902. The number of nitrogens with one attached hydrogen (secondary N) is 1. The number of amides is 1. The van der Waals surface area contributed by atoms with E-state index in [9.17, 15) is 9.90 Å². The van der Waals surface area contributed by atoms with Gasteiger partial charge >= 0.3 is 0 Å². The summed E-state index contributed by atoms with van der Waals surface area (Å²) in [6.07, 6.45) is 0.0894. The van der Waals surface area contributed by atoms with E-state index in [2.05, 4.69) is 5.32 Å². The number of benzene rings is 1. The summed E-state index contributed by atoms with van der Waals surface area (Å²) >= 11 is 6.21. The standard InChI is InChI=1S/C15H20ClNO3/c1-8(2)15(19)17-13-4-5-20-14-11(13)6-10(9(3)18)7-12(14)16/h6-9,13,18H,4-5H2,1-3H3,(H,17,19). The normalized spacial score (nSPS) is 19.2. The SMILES string of the molecule is CC(C)C(=O)NC1CCOc2c(Cl)cc(C(C)O)cc21. The smallest absolute Gasteiger partial charge is 0.223 e. The third-order valence-corrected chi connectivity index (χ3v) is 3.73. The molecule has 1 aliphatic heterocycles. The molecule has 110 valence electrons. The fourth-order valence-corrected chi connectivity index (χ4v) is 2.50. The fraction of sp³-hybridized carbons (Fsp3) is 0.533. The van der Waals surface area contributed by atoms with Gasteiger partial charge in [-0.1, -0.05) is 25.4 Å². The Hall–Kier alpha value is -1.26. The molecule has 1 heterocycles. The molecule has 0 aliphatic carbocycles. The van der Waals surface area contributed by atoms with Gasteiger partial charge in [-0.05, 0) is 24.6 Å².